The van der Waals surface area contributed by atoms with Crippen LogP contribution in [0.3, 0.4) is 0 Å². The van der Waals surface area contributed by atoms with Crippen molar-refractivity contribution in [2.75, 3.05) is 6.66 Å². The van der Waals surface area contributed by atoms with Crippen molar-refractivity contribution in [3.8, 4) is 0 Å². The average Bonchev–Trinajstić information content (AvgIpc) is 1.38. The fraction of sp³-hybridized carbons (Fsp3) is 0.667. The second-order valence-electron chi connectivity index (χ2n) is 0.865. The summed E-state index contributed by atoms with van der Waals surface area (Å²) in [5.41, 5.74) is 6.17. The molecule has 0 fully saturated rings. The van der Waals surface area contributed by atoms with Crippen LogP contribution in [0.15, 0.2) is 0 Å². The van der Waals surface area contributed by atoms with E-state index in [-0.39, 0.29) is 0 Å². The third kappa shape index (κ3) is 4.13. The van der Waals surface area contributed by atoms with Crippen molar-refractivity contribution in [3.63, 3.8) is 0 Å². The Hall–Kier alpha value is 0.130. The van der Waals surface area contributed by atoms with Gasteiger partial charge in [-0.2, -0.15) is 0 Å². The predicted molar refractivity (Wildman–Crippen MR) is 27.7 cm³/mol. The molecule has 2 heteroatoms. The number of hydrogen-bond donors (Lipinski definition) is 1. The molecular formula is C3H8NP. The molecule has 0 aromatic heterocycles. The van der Waals surface area contributed by atoms with Crippen molar-refractivity contribution in [1.29, 1.82) is 0 Å². The van der Waals surface area contributed by atoms with Crippen molar-refractivity contribution in [2.45, 2.75) is 6.92 Å². The van der Waals surface area contributed by atoms with Crippen LogP contribution in [0.5, 0.6) is 0 Å². The molecule has 0 saturated heterocycles. The number of nitrogens with two attached hydrogens (primary N) is 1. The Morgan fingerprint density at radius 1 is 1.80 bits per heavy atom. The van der Waals surface area contributed by atoms with Crippen LogP contribution in [-0.2, 0) is 0 Å². The minimum atomic E-state index is 0.977. The molecule has 2 N–H and O–H groups in total. The molecule has 30 valence electrons. The Kier molecular flexibility index (Phi) is 2.43. The van der Waals surface area contributed by atoms with Gasteiger partial charge in [0, 0.05) is 5.42 Å². The molecule has 0 saturated carbocycles. The molecule has 0 aromatic rings. The van der Waals surface area contributed by atoms with Crippen molar-refractivity contribution in [2.24, 2.45) is 5.73 Å². The molecule has 0 amide bonds. The van der Waals surface area contributed by atoms with Gasteiger partial charge >= 0.3 is 0 Å². The zero-order valence-corrected chi connectivity index (χ0v) is 4.42. The van der Waals surface area contributed by atoms with Crippen molar-refractivity contribution >= 4 is 13.6 Å². The highest BCUT2D eigenvalue weighted by Gasteiger charge is 1.61. The molecule has 0 heterocycles. The molecule has 0 aromatic carbocycles. The zero-order valence-electron chi connectivity index (χ0n) is 3.52. The van der Waals surface area contributed by atoms with Gasteiger partial charge in [-0.3, -0.25) is 0 Å². The van der Waals surface area contributed by atoms with Gasteiger partial charge in [-0.25, -0.2) is 0 Å². The summed E-state index contributed by atoms with van der Waals surface area (Å²) < 4.78 is 0. The van der Waals surface area contributed by atoms with Gasteiger partial charge in [0.1, 0.15) is 0 Å². The highest BCUT2D eigenvalue weighted by atomic mass is 31.1. The minimum Gasteiger partial charge on any atom is -0.303 e. The number of rotatable bonds is 0. The topological polar surface area (TPSA) is 26.0 Å². The molecule has 0 spiro atoms. The van der Waals surface area contributed by atoms with Gasteiger partial charge in [0.25, 0.3) is 0 Å². The second-order valence-corrected chi connectivity index (χ2v) is 2.02. The van der Waals surface area contributed by atoms with E-state index in [2.05, 4.69) is 0 Å². The van der Waals surface area contributed by atoms with Gasteiger partial charge in [-0.05, 0) is 13.6 Å². The first-order valence-electron chi connectivity index (χ1n) is 1.46. The normalized spacial score (nSPS) is 12.2. The Bertz CT molecular complexity index is 44.9. The SMILES string of the molecule is C/P=C(\C)N. The Morgan fingerprint density at radius 3 is 2.00 bits per heavy atom. The lowest BCUT2D eigenvalue weighted by Gasteiger charge is -1.74. The first kappa shape index (κ1) is 5.13. The van der Waals surface area contributed by atoms with Crippen LogP contribution in [0.4, 0.5) is 0 Å². The maximum Gasteiger partial charge on any atom is 0.00877 e. The monoisotopic (exact) mass is 89.0 g/mol. The summed E-state index contributed by atoms with van der Waals surface area (Å²) >= 11 is 0. The molecule has 0 aliphatic rings. The predicted octanol–water partition coefficient (Wildman–Crippen LogP) is 0.671. The third-order valence-electron chi connectivity index (χ3n) is 0.353. The van der Waals surface area contributed by atoms with E-state index in [0.717, 1.165) is 5.42 Å². The first-order valence-corrected chi connectivity index (χ1v) is 2.80. The smallest absolute Gasteiger partial charge is 0.00877 e. The lowest BCUT2D eigenvalue weighted by molar-refractivity contribution is 1.73. The Balaban J connectivity index is 3.14. The Labute approximate surface area is 34.0 Å². The summed E-state index contributed by atoms with van der Waals surface area (Å²) in [4.78, 5) is 0. The quantitative estimate of drug-likeness (QED) is 0.434. The molecule has 1 nitrogen and oxygen atoms in total. The van der Waals surface area contributed by atoms with E-state index in [9.17, 15) is 0 Å². The second kappa shape index (κ2) is 2.37. The van der Waals surface area contributed by atoms with E-state index in [0.29, 0.717) is 0 Å². The van der Waals surface area contributed by atoms with Crippen LogP contribution in [0, 0.1) is 0 Å². The summed E-state index contributed by atoms with van der Waals surface area (Å²) in [6.45, 7) is 3.91. The van der Waals surface area contributed by atoms with Crippen molar-refractivity contribution < 1.29 is 0 Å². The first-order chi connectivity index (χ1) is 2.27. The van der Waals surface area contributed by atoms with Crippen LogP contribution < -0.4 is 5.73 Å². The summed E-state index contributed by atoms with van der Waals surface area (Å²) in [7, 11) is 1.19. The van der Waals surface area contributed by atoms with Crippen LogP contribution in [0.2, 0.25) is 0 Å². The van der Waals surface area contributed by atoms with Gasteiger partial charge in [-0.1, -0.05) is 8.20 Å². The van der Waals surface area contributed by atoms with Crippen LogP contribution in [0.1, 0.15) is 6.92 Å². The summed E-state index contributed by atoms with van der Waals surface area (Å²) in [5, 5.41) is 0. The van der Waals surface area contributed by atoms with E-state index in [4.69, 9.17) is 5.73 Å². The molecular weight excluding hydrogens is 81.0 g/mol. The lowest BCUT2D eigenvalue weighted by atomic mass is 10.8. The van der Waals surface area contributed by atoms with Crippen LogP contribution in [-0.4, -0.2) is 12.1 Å². The molecule has 5 heavy (non-hydrogen) atoms. The van der Waals surface area contributed by atoms with Gasteiger partial charge in [0.2, 0.25) is 0 Å². The fourth-order valence-electron chi connectivity index (χ4n) is 0. The maximum absolute atomic E-state index is 5.20. The molecule has 0 rings (SSSR count). The molecule has 0 aliphatic heterocycles. The number of hydrogen-bond acceptors (Lipinski definition) is 0. The van der Waals surface area contributed by atoms with Gasteiger partial charge < -0.3 is 5.73 Å². The van der Waals surface area contributed by atoms with Crippen molar-refractivity contribution in [1.82, 2.24) is 0 Å². The molecule has 0 bridgehead atoms. The molecule has 0 unspecified atom stereocenters. The highest BCUT2D eigenvalue weighted by molar-refractivity contribution is 7.39. The summed E-state index contributed by atoms with van der Waals surface area (Å²) in [6.07, 6.45) is 0. The Morgan fingerprint density at radius 2 is 2.00 bits per heavy atom. The summed E-state index contributed by atoms with van der Waals surface area (Å²) in [5.74, 6) is 0. The van der Waals surface area contributed by atoms with Gasteiger partial charge in [0.15, 0.2) is 0 Å². The van der Waals surface area contributed by atoms with Crippen LogP contribution in [0.25, 0.3) is 0 Å². The van der Waals surface area contributed by atoms with Gasteiger partial charge in [-0.15, -0.1) is 0 Å². The van der Waals surface area contributed by atoms with Crippen LogP contribution >= 0.6 is 8.20 Å². The lowest BCUT2D eigenvalue weighted by Crippen LogP contribution is -1.99. The van der Waals surface area contributed by atoms with E-state index >= 15 is 0 Å². The third-order valence-corrected chi connectivity index (χ3v) is 1.06. The standard InChI is InChI=1S/C3H8NP/c1-3(4)5-2/h4H2,1-2H3. The van der Waals surface area contributed by atoms with Gasteiger partial charge in [0.05, 0.1) is 0 Å². The maximum atomic E-state index is 5.20. The van der Waals surface area contributed by atoms with Crippen molar-refractivity contribution in [3.05, 3.63) is 0 Å². The molecule has 0 radical (unpaired) electrons. The minimum absolute atomic E-state index is 0.977. The molecule has 0 atom stereocenters. The molecule has 0 aliphatic carbocycles. The highest BCUT2D eigenvalue weighted by Crippen LogP contribution is 1.81. The fourth-order valence-corrected chi connectivity index (χ4v) is 0. The van der Waals surface area contributed by atoms with E-state index in [1.165, 1.54) is 8.20 Å². The average molecular weight is 89.1 g/mol. The van der Waals surface area contributed by atoms with E-state index in [1.54, 1.807) is 0 Å². The largest absolute Gasteiger partial charge is 0.303 e. The van der Waals surface area contributed by atoms with E-state index < -0.39 is 0 Å². The zero-order chi connectivity index (χ0) is 4.28. The summed E-state index contributed by atoms with van der Waals surface area (Å²) in [6, 6.07) is 0. The van der Waals surface area contributed by atoms with E-state index in [1.807, 2.05) is 13.6 Å².